The molecular formula is C17H13F4N3O2. The van der Waals surface area contributed by atoms with Gasteiger partial charge < -0.3 is 9.80 Å². The lowest BCUT2D eigenvalue weighted by molar-refractivity contribution is -0.141. The van der Waals surface area contributed by atoms with Crippen LogP contribution < -0.4 is 4.90 Å². The monoisotopic (exact) mass is 367 g/mol. The highest BCUT2D eigenvalue weighted by Crippen LogP contribution is 2.30. The van der Waals surface area contributed by atoms with E-state index in [4.69, 9.17) is 0 Å². The van der Waals surface area contributed by atoms with E-state index in [-0.39, 0.29) is 30.9 Å². The van der Waals surface area contributed by atoms with Crippen molar-refractivity contribution in [2.75, 3.05) is 24.5 Å². The van der Waals surface area contributed by atoms with Gasteiger partial charge in [-0.1, -0.05) is 0 Å². The second-order valence-electron chi connectivity index (χ2n) is 5.68. The number of amides is 2. The molecule has 5 nitrogen and oxygen atoms in total. The third kappa shape index (κ3) is 3.66. The van der Waals surface area contributed by atoms with Gasteiger partial charge in [0.2, 0.25) is 5.91 Å². The topological polar surface area (TPSA) is 53.5 Å². The number of hydrogen-bond donors (Lipinski definition) is 0. The van der Waals surface area contributed by atoms with Gasteiger partial charge in [0.25, 0.3) is 5.91 Å². The molecule has 2 aromatic rings. The Kier molecular flexibility index (Phi) is 4.62. The Morgan fingerprint density at radius 3 is 2.38 bits per heavy atom. The number of pyridine rings is 1. The lowest BCUT2D eigenvalue weighted by Crippen LogP contribution is -2.52. The number of benzene rings is 1. The van der Waals surface area contributed by atoms with Crippen LogP contribution in [0.15, 0.2) is 42.6 Å². The van der Waals surface area contributed by atoms with Crippen molar-refractivity contribution in [3.8, 4) is 0 Å². The highest BCUT2D eigenvalue weighted by Gasteiger charge is 2.34. The third-order valence-electron chi connectivity index (χ3n) is 3.94. The summed E-state index contributed by atoms with van der Waals surface area (Å²) < 4.78 is 51.3. The maximum atomic E-state index is 12.9. The van der Waals surface area contributed by atoms with Gasteiger partial charge >= 0.3 is 6.18 Å². The normalized spacial score (nSPS) is 15.3. The molecule has 0 spiro atoms. The molecule has 1 aliphatic heterocycles. The van der Waals surface area contributed by atoms with E-state index in [0.717, 1.165) is 24.4 Å². The minimum atomic E-state index is -4.61. The molecular weight excluding hydrogens is 354 g/mol. The van der Waals surface area contributed by atoms with Crippen molar-refractivity contribution in [3.05, 3.63) is 59.7 Å². The quantitative estimate of drug-likeness (QED) is 0.767. The number of piperazine rings is 1. The van der Waals surface area contributed by atoms with Crippen molar-refractivity contribution < 1.29 is 27.2 Å². The van der Waals surface area contributed by atoms with E-state index >= 15 is 0 Å². The molecule has 1 aliphatic rings. The molecule has 26 heavy (non-hydrogen) atoms. The molecule has 1 fully saturated rings. The van der Waals surface area contributed by atoms with Gasteiger partial charge in [0.15, 0.2) is 0 Å². The Hall–Kier alpha value is -2.97. The lowest BCUT2D eigenvalue weighted by Gasteiger charge is -2.34. The van der Waals surface area contributed by atoms with Crippen molar-refractivity contribution in [1.82, 2.24) is 9.88 Å². The summed E-state index contributed by atoms with van der Waals surface area (Å²) in [5.74, 6) is -1.43. The molecule has 0 saturated carbocycles. The Morgan fingerprint density at radius 2 is 1.77 bits per heavy atom. The van der Waals surface area contributed by atoms with Crippen LogP contribution >= 0.6 is 0 Å². The van der Waals surface area contributed by atoms with Gasteiger partial charge in [0.05, 0.1) is 0 Å². The zero-order chi connectivity index (χ0) is 18.9. The largest absolute Gasteiger partial charge is 0.433 e. The summed E-state index contributed by atoms with van der Waals surface area (Å²) in [7, 11) is 0. The smallest absolute Gasteiger partial charge is 0.328 e. The van der Waals surface area contributed by atoms with Crippen LogP contribution in [0.4, 0.5) is 23.2 Å². The van der Waals surface area contributed by atoms with Gasteiger partial charge in [0, 0.05) is 30.5 Å². The fourth-order valence-corrected chi connectivity index (χ4v) is 2.64. The summed E-state index contributed by atoms with van der Waals surface area (Å²) in [6.45, 7) is -0.0847. The first-order valence-corrected chi connectivity index (χ1v) is 7.64. The number of rotatable bonds is 2. The fourth-order valence-electron chi connectivity index (χ4n) is 2.64. The second-order valence-corrected chi connectivity index (χ2v) is 5.68. The summed E-state index contributed by atoms with van der Waals surface area (Å²) >= 11 is 0. The van der Waals surface area contributed by atoms with Gasteiger partial charge in [-0.2, -0.15) is 13.2 Å². The van der Waals surface area contributed by atoms with E-state index in [0.29, 0.717) is 0 Å². The summed E-state index contributed by atoms with van der Waals surface area (Å²) in [5, 5.41) is 0. The van der Waals surface area contributed by atoms with Crippen molar-refractivity contribution in [2.24, 2.45) is 0 Å². The van der Waals surface area contributed by atoms with Crippen LogP contribution in [0.2, 0.25) is 0 Å². The number of anilines is 1. The predicted molar refractivity (Wildman–Crippen MR) is 83.9 cm³/mol. The lowest BCUT2D eigenvalue weighted by atomic mass is 10.1. The molecule has 0 N–H and O–H groups in total. The molecule has 1 aromatic carbocycles. The molecule has 1 aromatic heterocycles. The number of halogens is 4. The van der Waals surface area contributed by atoms with Crippen molar-refractivity contribution in [1.29, 1.82) is 0 Å². The van der Waals surface area contributed by atoms with Gasteiger partial charge in [-0.15, -0.1) is 0 Å². The minimum absolute atomic E-state index is 0.0487. The average molecular weight is 367 g/mol. The Morgan fingerprint density at radius 1 is 1.08 bits per heavy atom. The summed E-state index contributed by atoms with van der Waals surface area (Å²) in [6, 6.07) is 7.02. The zero-order valence-electron chi connectivity index (χ0n) is 13.3. The van der Waals surface area contributed by atoms with Crippen LogP contribution in [0.1, 0.15) is 16.1 Å². The van der Waals surface area contributed by atoms with E-state index in [1.165, 1.54) is 28.0 Å². The van der Waals surface area contributed by atoms with E-state index in [9.17, 15) is 27.2 Å². The van der Waals surface area contributed by atoms with Crippen LogP contribution in [0.3, 0.4) is 0 Å². The SMILES string of the molecule is O=C(c1ccc(F)cc1)N1CCN(c2ccnc(C(F)(F)F)c2)C(=O)C1. The number of alkyl halides is 3. The minimum Gasteiger partial charge on any atom is -0.328 e. The molecule has 136 valence electrons. The first-order valence-electron chi connectivity index (χ1n) is 7.64. The van der Waals surface area contributed by atoms with E-state index in [1.807, 2.05) is 0 Å². The van der Waals surface area contributed by atoms with Crippen LogP contribution in [-0.4, -0.2) is 41.3 Å². The first kappa shape index (κ1) is 17.8. The standard InChI is InChI=1S/C17H13F4N3O2/c18-12-3-1-11(2-4-12)16(26)23-7-8-24(15(25)10-23)13-5-6-22-14(9-13)17(19,20)21/h1-6,9H,7-8,10H2. The van der Waals surface area contributed by atoms with Gasteiger partial charge in [0.1, 0.15) is 18.1 Å². The maximum absolute atomic E-state index is 12.9. The van der Waals surface area contributed by atoms with Gasteiger partial charge in [-0.05, 0) is 36.4 Å². The summed E-state index contributed by atoms with van der Waals surface area (Å²) in [5.41, 5.74) is -0.783. The summed E-state index contributed by atoms with van der Waals surface area (Å²) in [4.78, 5) is 30.4. The molecule has 2 heterocycles. The van der Waals surface area contributed by atoms with Crippen LogP contribution in [-0.2, 0) is 11.0 Å². The van der Waals surface area contributed by atoms with Crippen LogP contribution in [0, 0.1) is 5.82 Å². The molecule has 2 amide bonds. The Balaban J connectivity index is 1.74. The van der Waals surface area contributed by atoms with Crippen molar-refractivity contribution in [3.63, 3.8) is 0 Å². The number of nitrogens with zero attached hydrogens (tertiary/aromatic N) is 3. The van der Waals surface area contributed by atoms with E-state index < -0.39 is 29.5 Å². The Labute approximate surface area is 145 Å². The highest BCUT2D eigenvalue weighted by atomic mass is 19.4. The summed E-state index contributed by atoms with van der Waals surface area (Å²) in [6.07, 6.45) is -3.62. The predicted octanol–water partition coefficient (Wildman–Crippen LogP) is 2.73. The number of carbonyl (C=O) groups excluding carboxylic acids is 2. The molecule has 0 radical (unpaired) electrons. The van der Waals surface area contributed by atoms with Crippen molar-refractivity contribution in [2.45, 2.75) is 6.18 Å². The number of carbonyl (C=O) groups is 2. The maximum Gasteiger partial charge on any atom is 0.433 e. The molecule has 0 unspecified atom stereocenters. The average Bonchev–Trinajstić information content (AvgIpc) is 2.61. The van der Waals surface area contributed by atoms with Crippen LogP contribution in [0.5, 0.6) is 0 Å². The molecule has 0 aliphatic carbocycles. The molecule has 0 bridgehead atoms. The van der Waals surface area contributed by atoms with E-state index in [1.54, 1.807) is 0 Å². The third-order valence-corrected chi connectivity index (χ3v) is 3.94. The second kappa shape index (κ2) is 6.74. The Bertz CT molecular complexity index is 837. The first-order chi connectivity index (χ1) is 12.3. The van der Waals surface area contributed by atoms with Gasteiger partial charge in [-0.3, -0.25) is 14.6 Å². The number of aromatic nitrogens is 1. The zero-order valence-corrected chi connectivity index (χ0v) is 13.3. The molecule has 0 atom stereocenters. The van der Waals surface area contributed by atoms with E-state index in [2.05, 4.69) is 4.98 Å². The van der Waals surface area contributed by atoms with Crippen LogP contribution in [0.25, 0.3) is 0 Å². The molecule has 9 heteroatoms. The number of hydrogen-bond acceptors (Lipinski definition) is 3. The van der Waals surface area contributed by atoms with Gasteiger partial charge in [-0.25, -0.2) is 4.39 Å². The molecule has 3 rings (SSSR count). The highest BCUT2D eigenvalue weighted by molar-refractivity contribution is 6.01. The van der Waals surface area contributed by atoms with Crippen molar-refractivity contribution >= 4 is 17.5 Å². The molecule has 1 saturated heterocycles. The fraction of sp³-hybridized carbons (Fsp3) is 0.235.